The van der Waals surface area contributed by atoms with Gasteiger partial charge in [-0.1, -0.05) is 28.6 Å². The number of anilines is 1. The Morgan fingerprint density at radius 3 is 2.81 bits per heavy atom. The number of hydrogen-bond donors (Lipinski definition) is 2. The van der Waals surface area contributed by atoms with E-state index in [4.69, 9.17) is 0 Å². The quantitative estimate of drug-likeness (QED) is 0.872. The third-order valence-electron chi connectivity index (χ3n) is 1.71. The van der Waals surface area contributed by atoms with E-state index in [-0.39, 0.29) is 18.3 Å². The predicted molar refractivity (Wildman–Crippen MR) is 66.0 cm³/mol. The van der Waals surface area contributed by atoms with Gasteiger partial charge in [-0.05, 0) is 18.2 Å². The molecule has 0 heterocycles. The Hall–Kier alpha value is -1.20. The third kappa shape index (κ3) is 5.04. The Bertz CT molecular complexity index is 395. The zero-order valence-electron chi connectivity index (χ0n) is 8.59. The van der Waals surface area contributed by atoms with Crippen LogP contribution < -0.4 is 10.6 Å². The Morgan fingerprint density at radius 2 is 2.19 bits per heavy atom. The van der Waals surface area contributed by atoms with E-state index in [1.54, 1.807) is 12.1 Å². The number of hydrogen-bond acceptors (Lipinski definition) is 2. The van der Waals surface area contributed by atoms with Crippen molar-refractivity contribution in [2.45, 2.75) is 0 Å². The molecule has 5 heteroatoms. The standard InChI is InChI=1S/C11H12BrFN2O/c1-8(12)6-14-7-11(16)15-10-4-2-3-9(13)5-10/h2-5,14H,1,6-7H2,(H,15,16). The average Bonchev–Trinajstić information content (AvgIpc) is 2.16. The fourth-order valence-corrected chi connectivity index (χ4v) is 1.28. The molecule has 3 nitrogen and oxygen atoms in total. The zero-order valence-corrected chi connectivity index (χ0v) is 10.2. The lowest BCUT2D eigenvalue weighted by Crippen LogP contribution is -2.28. The number of carbonyl (C=O) groups is 1. The van der Waals surface area contributed by atoms with E-state index < -0.39 is 0 Å². The molecule has 1 aromatic rings. The van der Waals surface area contributed by atoms with E-state index in [9.17, 15) is 9.18 Å². The number of rotatable bonds is 5. The van der Waals surface area contributed by atoms with Crippen molar-refractivity contribution >= 4 is 27.5 Å². The van der Waals surface area contributed by atoms with Crippen LogP contribution in [0.5, 0.6) is 0 Å². The summed E-state index contributed by atoms with van der Waals surface area (Å²) in [4.78, 5) is 11.4. The molecule has 86 valence electrons. The van der Waals surface area contributed by atoms with Gasteiger partial charge >= 0.3 is 0 Å². The van der Waals surface area contributed by atoms with Crippen molar-refractivity contribution in [2.24, 2.45) is 0 Å². The molecule has 0 atom stereocenters. The first-order valence-electron chi connectivity index (χ1n) is 4.67. The minimum absolute atomic E-state index is 0.154. The highest BCUT2D eigenvalue weighted by Crippen LogP contribution is 2.08. The molecule has 0 bridgehead atoms. The maximum Gasteiger partial charge on any atom is 0.238 e. The summed E-state index contributed by atoms with van der Waals surface area (Å²) < 4.78 is 13.6. The van der Waals surface area contributed by atoms with Crippen molar-refractivity contribution in [2.75, 3.05) is 18.4 Å². The van der Waals surface area contributed by atoms with Crippen molar-refractivity contribution in [3.8, 4) is 0 Å². The largest absolute Gasteiger partial charge is 0.325 e. The van der Waals surface area contributed by atoms with Crippen molar-refractivity contribution in [3.05, 3.63) is 41.1 Å². The summed E-state index contributed by atoms with van der Waals surface area (Å²) in [6.07, 6.45) is 0. The normalized spacial score (nSPS) is 9.88. The van der Waals surface area contributed by atoms with Crippen LogP contribution in [0, 0.1) is 5.82 Å². The van der Waals surface area contributed by atoms with E-state index in [0.29, 0.717) is 12.2 Å². The highest BCUT2D eigenvalue weighted by Gasteiger charge is 2.02. The molecule has 0 spiro atoms. The molecule has 0 aromatic heterocycles. The molecule has 0 radical (unpaired) electrons. The van der Waals surface area contributed by atoms with Crippen LogP contribution >= 0.6 is 15.9 Å². The second-order valence-corrected chi connectivity index (χ2v) is 4.30. The first kappa shape index (κ1) is 12.9. The van der Waals surface area contributed by atoms with Crippen molar-refractivity contribution in [1.82, 2.24) is 5.32 Å². The summed E-state index contributed by atoms with van der Waals surface area (Å²) in [5.74, 6) is -0.598. The Kier molecular flexibility index (Phi) is 5.14. The van der Waals surface area contributed by atoms with Crippen molar-refractivity contribution in [1.29, 1.82) is 0 Å². The molecule has 0 fully saturated rings. The summed E-state index contributed by atoms with van der Waals surface area (Å²) in [5, 5.41) is 5.44. The van der Waals surface area contributed by atoms with E-state index in [2.05, 4.69) is 33.1 Å². The summed E-state index contributed by atoms with van der Waals surface area (Å²) in [6.45, 7) is 4.28. The Balaban J connectivity index is 2.37. The lowest BCUT2D eigenvalue weighted by atomic mass is 10.3. The van der Waals surface area contributed by atoms with E-state index >= 15 is 0 Å². The van der Waals surface area contributed by atoms with Crippen LogP contribution in [0.4, 0.5) is 10.1 Å². The maximum atomic E-state index is 12.8. The van der Waals surface area contributed by atoms with Crippen LogP contribution in [0.25, 0.3) is 0 Å². The minimum Gasteiger partial charge on any atom is -0.325 e. The number of amides is 1. The van der Waals surface area contributed by atoms with Gasteiger partial charge in [-0.25, -0.2) is 4.39 Å². The first-order valence-corrected chi connectivity index (χ1v) is 5.46. The summed E-state index contributed by atoms with van der Waals surface area (Å²) in [7, 11) is 0. The van der Waals surface area contributed by atoms with Crippen LogP contribution in [0.1, 0.15) is 0 Å². The molecule has 1 amide bonds. The second kappa shape index (κ2) is 6.40. The molecule has 1 aromatic carbocycles. The molecule has 0 aliphatic carbocycles. The van der Waals surface area contributed by atoms with Gasteiger partial charge in [-0.2, -0.15) is 0 Å². The van der Waals surface area contributed by atoms with E-state index in [1.807, 2.05) is 0 Å². The highest BCUT2D eigenvalue weighted by atomic mass is 79.9. The molecular formula is C11H12BrFN2O. The highest BCUT2D eigenvalue weighted by molar-refractivity contribution is 9.11. The molecule has 1 rings (SSSR count). The Labute approximate surface area is 102 Å². The maximum absolute atomic E-state index is 12.8. The number of halogens is 2. The van der Waals surface area contributed by atoms with Gasteiger partial charge < -0.3 is 10.6 Å². The molecule has 0 saturated heterocycles. The number of carbonyl (C=O) groups excluding carboxylic acids is 1. The van der Waals surface area contributed by atoms with Gasteiger partial charge in [0.2, 0.25) is 5.91 Å². The molecule has 16 heavy (non-hydrogen) atoms. The monoisotopic (exact) mass is 286 g/mol. The lowest BCUT2D eigenvalue weighted by Gasteiger charge is -2.06. The van der Waals surface area contributed by atoms with Crippen LogP contribution in [-0.4, -0.2) is 19.0 Å². The van der Waals surface area contributed by atoms with Gasteiger partial charge in [-0.3, -0.25) is 4.79 Å². The number of benzene rings is 1. The van der Waals surface area contributed by atoms with Crippen molar-refractivity contribution in [3.63, 3.8) is 0 Å². The summed E-state index contributed by atoms with van der Waals surface area (Å²) in [5.41, 5.74) is 0.449. The van der Waals surface area contributed by atoms with Gasteiger partial charge in [0.15, 0.2) is 0 Å². The second-order valence-electron chi connectivity index (χ2n) is 3.18. The van der Waals surface area contributed by atoms with Gasteiger partial charge in [0.05, 0.1) is 6.54 Å². The topological polar surface area (TPSA) is 41.1 Å². The number of nitrogens with one attached hydrogen (secondary N) is 2. The van der Waals surface area contributed by atoms with Crippen LogP contribution in [0.3, 0.4) is 0 Å². The van der Waals surface area contributed by atoms with Gasteiger partial charge in [0, 0.05) is 16.7 Å². The van der Waals surface area contributed by atoms with Gasteiger partial charge in [0.25, 0.3) is 0 Å². The van der Waals surface area contributed by atoms with E-state index in [0.717, 1.165) is 4.48 Å². The fraction of sp³-hybridized carbons (Fsp3) is 0.182. The first-order chi connectivity index (χ1) is 7.58. The summed E-state index contributed by atoms with van der Waals surface area (Å²) >= 11 is 3.16. The average molecular weight is 287 g/mol. The SMILES string of the molecule is C=C(Br)CNCC(=O)Nc1cccc(F)c1. The van der Waals surface area contributed by atoms with Gasteiger partial charge in [0.1, 0.15) is 5.82 Å². The van der Waals surface area contributed by atoms with Crippen LogP contribution in [0.2, 0.25) is 0 Å². The van der Waals surface area contributed by atoms with Crippen molar-refractivity contribution < 1.29 is 9.18 Å². The molecule has 0 aliphatic rings. The van der Waals surface area contributed by atoms with Crippen LogP contribution in [-0.2, 0) is 4.79 Å². The predicted octanol–water partition coefficient (Wildman–Crippen LogP) is 2.26. The molecule has 0 saturated carbocycles. The Morgan fingerprint density at radius 1 is 1.44 bits per heavy atom. The summed E-state index contributed by atoms with van der Waals surface area (Å²) in [6, 6.07) is 5.76. The van der Waals surface area contributed by atoms with E-state index in [1.165, 1.54) is 12.1 Å². The fourth-order valence-electron chi connectivity index (χ4n) is 1.08. The lowest BCUT2D eigenvalue weighted by molar-refractivity contribution is -0.115. The van der Waals surface area contributed by atoms with Crippen LogP contribution in [0.15, 0.2) is 35.3 Å². The molecule has 0 aliphatic heterocycles. The molecular weight excluding hydrogens is 275 g/mol. The molecule has 2 N–H and O–H groups in total. The smallest absolute Gasteiger partial charge is 0.238 e. The van der Waals surface area contributed by atoms with Gasteiger partial charge in [-0.15, -0.1) is 0 Å². The minimum atomic E-state index is -0.375. The third-order valence-corrected chi connectivity index (χ3v) is 1.99. The molecule has 0 unspecified atom stereocenters. The zero-order chi connectivity index (χ0) is 12.0.